The third-order valence-corrected chi connectivity index (χ3v) is 2.05. The second kappa shape index (κ2) is 4.08. The van der Waals surface area contributed by atoms with Crippen LogP contribution >= 0.6 is 0 Å². The van der Waals surface area contributed by atoms with Crippen LogP contribution in [0.25, 0.3) is 11.0 Å². The number of hydrogen-bond acceptors (Lipinski definition) is 4. The first-order valence-corrected chi connectivity index (χ1v) is 4.74. The fourth-order valence-corrected chi connectivity index (χ4v) is 1.42. The molecule has 0 spiro atoms. The molecule has 5 heteroatoms. The Labute approximate surface area is 86.5 Å². The zero-order valence-corrected chi connectivity index (χ0v) is 8.36. The third-order valence-electron chi connectivity index (χ3n) is 2.05. The monoisotopic (exact) mass is 205 g/mol. The summed E-state index contributed by atoms with van der Waals surface area (Å²) in [5.41, 5.74) is 1.43. The third kappa shape index (κ3) is 1.96. The fourth-order valence-electron chi connectivity index (χ4n) is 1.42. The molecule has 0 atom stereocenters. The van der Waals surface area contributed by atoms with Crippen molar-refractivity contribution in [2.45, 2.75) is 13.3 Å². The Morgan fingerprint density at radius 3 is 3.20 bits per heavy atom. The molecular weight excluding hydrogens is 194 g/mol. The van der Waals surface area contributed by atoms with Crippen LogP contribution in [0.1, 0.15) is 12.6 Å². The smallest absolute Gasteiger partial charge is 0.311 e. The Kier molecular flexibility index (Phi) is 2.62. The van der Waals surface area contributed by atoms with Crippen LogP contribution in [0.5, 0.6) is 0 Å². The van der Waals surface area contributed by atoms with Crippen molar-refractivity contribution >= 4 is 17.0 Å². The summed E-state index contributed by atoms with van der Waals surface area (Å²) in [5, 5.41) is 0.866. The number of carbonyl (C=O) groups excluding carboxylic acids is 1. The van der Waals surface area contributed by atoms with Crippen molar-refractivity contribution in [3.05, 3.63) is 24.3 Å². The van der Waals surface area contributed by atoms with E-state index in [1.807, 2.05) is 6.07 Å². The molecule has 0 bridgehead atoms. The van der Waals surface area contributed by atoms with Crippen molar-refractivity contribution < 1.29 is 9.53 Å². The van der Waals surface area contributed by atoms with Crippen molar-refractivity contribution in [2.75, 3.05) is 6.61 Å². The lowest BCUT2D eigenvalue weighted by molar-refractivity contribution is -0.142. The molecule has 2 heterocycles. The summed E-state index contributed by atoms with van der Waals surface area (Å²) in [6.07, 6.45) is 3.39. The van der Waals surface area contributed by atoms with Crippen LogP contribution in [0, 0.1) is 0 Å². The summed E-state index contributed by atoms with van der Waals surface area (Å²) in [7, 11) is 0. The van der Waals surface area contributed by atoms with Gasteiger partial charge in [0.15, 0.2) is 0 Å². The first kappa shape index (κ1) is 9.64. The Morgan fingerprint density at radius 1 is 1.53 bits per heavy atom. The minimum Gasteiger partial charge on any atom is -0.466 e. The quantitative estimate of drug-likeness (QED) is 0.761. The van der Waals surface area contributed by atoms with E-state index in [0.717, 1.165) is 11.0 Å². The number of aromatic amines is 1. The van der Waals surface area contributed by atoms with Crippen molar-refractivity contribution in [3.8, 4) is 0 Å². The maximum atomic E-state index is 11.3. The summed E-state index contributed by atoms with van der Waals surface area (Å²) in [4.78, 5) is 22.4. The Hall–Kier alpha value is -1.91. The van der Waals surface area contributed by atoms with E-state index in [2.05, 4.69) is 15.0 Å². The van der Waals surface area contributed by atoms with Gasteiger partial charge in [0, 0.05) is 11.6 Å². The maximum absolute atomic E-state index is 11.3. The van der Waals surface area contributed by atoms with Crippen LogP contribution in [0.2, 0.25) is 0 Å². The Morgan fingerprint density at radius 2 is 2.40 bits per heavy atom. The van der Waals surface area contributed by atoms with E-state index in [9.17, 15) is 4.79 Å². The molecule has 0 saturated carbocycles. The normalized spacial score (nSPS) is 10.5. The predicted molar refractivity (Wildman–Crippen MR) is 54.2 cm³/mol. The van der Waals surface area contributed by atoms with Gasteiger partial charge in [-0.3, -0.25) is 4.79 Å². The van der Waals surface area contributed by atoms with Crippen LogP contribution in [0.3, 0.4) is 0 Å². The number of rotatable bonds is 3. The number of fused-ring (bicyclic) bond motifs is 1. The molecule has 2 rings (SSSR count). The zero-order chi connectivity index (χ0) is 10.7. The molecule has 0 fully saturated rings. The van der Waals surface area contributed by atoms with E-state index in [1.54, 1.807) is 13.1 Å². The number of nitrogens with zero attached hydrogens (tertiary/aromatic N) is 2. The van der Waals surface area contributed by atoms with Crippen molar-refractivity contribution in [3.63, 3.8) is 0 Å². The molecule has 0 radical (unpaired) electrons. The van der Waals surface area contributed by atoms with Crippen molar-refractivity contribution in [1.29, 1.82) is 0 Å². The molecule has 78 valence electrons. The molecule has 0 aliphatic rings. The van der Waals surface area contributed by atoms with Crippen LogP contribution in [-0.4, -0.2) is 27.5 Å². The standard InChI is InChI=1S/C10H11N3O2/c1-2-15-9(14)5-8-7-3-4-11-10(7)13-6-12-8/h3-4,6H,2,5H2,1H3,(H,11,12,13). The predicted octanol–water partition coefficient (Wildman–Crippen LogP) is 1.06. The van der Waals surface area contributed by atoms with Gasteiger partial charge in [0.2, 0.25) is 0 Å². The molecule has 15 heavy (non-hydrogen) atoms. The minimum atomic E-state index is -0.265. The number of ether oxygens (including phenoxy) is 1. The van der Waals surface area contributed by atoms with Gasteiger partial charge in [0.05, 0.1) is 18.7 Å². The van der Waals surface area contributed by atoms with Gasteiger partial charge < -0.3 is 9.72 Å². The first-order valence-electron chi connectivity index (χ1n) is 4.74. The topological polar surface area (TPSA) is 67.9 Å². The maximum Gasteiger partial charge on any atom is 0.311 e. The lowest BCUT2D eigenvalue weighted by atomic mass is 10.2. The second-order valence-corrected chi connectivity index (χ2v) is 3.04. The highest BCUT2D eigenvalue weighted by Crippen LogP contribution is 2.13. The van der Waals surface area contributed by atoms with Gasteiger partial charge in [-0.25, -0.2) is 9.97 Å². The molecule has 1 N–H and O–H groups in total. The second-order valence-electron chi connectivity index (χ2n) is 3.04. The van der Waals surface area contributed by atoms with Crippen LogP contribution in [0.15, 0.2) is 18.6 Å². The van der Waals surface area contributed by atoms with Gasteiger partial charge in [-0.2, -0.15) is 0 Å². The lowest BCUT2D eigenvalue weighted by Gasteiger charge is -2.01. The average molecular weight is 205 g/mol. The van der Waals surface area contributed by atoms with E-state index >= 15 is 0 Å². The highest BCUT2D eigenvalue weighted by molar-refractivity contribution is 5.83. The molecule has 0 aliphatic heterocycles. The van der Waals surface area contributed by atoms with Gasteiger partial charge in [0.1, 0.15) is 12.0 Å². The summed E-state index contributed by atoms with van der Waals surface area (Å²) in [5.74, 6) is -0.265. The molecule has 5 nitrogen and oxygen atoms in total. The van der Waals surface area contributed by atoms with E-state index in [-0.39, 0.29) is 12.4 Å². The molecule has 2 aromatic heterocycles. The van der Waals surface area contributed by atoms with Gasteiger partial charge >= 0.3 is 5.97 Å². The van der Waals surface area contributed by atoms with Crippen LogP contribution < -0.4 is 0 Å². The van der Waals surface area contributed by atoms with E-state index in [4.69, 9.17) is 4.74 Å². The molecule has 0 aromatic carbocycles. The molecule has 2 aromatic rings. The number of aromatic nitrogens is 3. The zero-order valence-electron chi connectivity index (χ0n) is 8.36. The highest BCUT2D eigenvalue weighted by atomic mass is 16.5. The van der Waals surface area contributed by atoms with E-state index < -0.39 is 0 Å². The average Bonchev–Trinajstić information content (AvgIpc) is 2.67. The van der Waals surface area contributed by atoms with Crippen molar-refractivity contribution in [1.82, 2.24) is 15.0 Å². The number of esters is 1. The molecule has 0 saturated heterocycles. The Bertz CT molecular complexity index is 478. The summed E-state index contributed by atoms with van der Waals surface area (Å²) in [6, 6.07) is 1.85. The van der Waals surface area contributed by atoms with Crippen LogP contribution in [0.4, 0.5) is 0 Å². The highest BCUT2D eigenvalue weighted by Gasteiger charge is 2.09. The van der Waals surface area contributed by atoms with Gasteiger partial charge in [-0.05, 0) is 13.0 Å². The SMILES string of the molecule is CCOC(=O)Cc1ncnc2[nH]ccc12. The van der Waals surface area contributed by atoms with Gasteiger partial charge in [-0.1, -0.05) is 0 Å². The summed E-state index contributed by atoms with van der Waals surface area (Å²) in [6.45, 7) is 2.17. The number of nitrogens with one attached hydrogen (secondary N) is 1. The first-order chi connectivity index (χ1) is 7.31. The molecule has 0 unspecified atom stereocenters. The summed E-state index contributed by atoms with van der Waals surface area (Å²) >= 11 is 0. The van der Waals surface area contributed by atoms with E-state index in [1.165, 1.54) is 6.33 Å². The number of H-pyrrole nitrogens is 1. The molecule has 0 amide bonds. The van der Waals surface area contributed by atoms with Gasteiger partial charge in [0.25, 0.3) is 0 Å². The fraction of sp³-hybridized carbons (Fsp3) is 0.300. The largest absolute Gasteiger partial charge is 0.466 e. The van der Waals surface area contributed by atoms with Gasteiger partial charge in [-0.15, -0.1) is 0 Å². The number of hydrogen-bond donors (Lipinski definition) is 1. The summed E-state index contributed by atoms with van der Waals surface area (Å²) < 4.78 is 4.86. The lowest BCUT2D eigenvalue weighted by Crippen LogP contribution is -2.09. The molecular formula is C10H11N3O2. The Balaban J connectivity index is 2.27. The van der Waals surface area contributed by atoms with E-state index in [0.29, 0.717) is 12.3 Å². The van der Waals surface area contributed by atoms with Crippen LogP contribution in [-0.2, 0) is 16.0 Å². The number of carbonyl (C=O) groups is 1. The van der Waals surface area contributed by atoms with Crippen molar-refractivity contribution in [2.24, 2.45) is 0 Å². The molecule has 0 aliphatic carbocycles. The minimum absolute atomic E-state index is 0.185.